The zero-order valence-corrected chi connectivity index (χ0v) is 22.7. The summed E-state index contributed by atoms with van der Waals surface area (Å²) in [7, 11) is 0. The molecule has 0 unspecified atom stereocenters. The highest BCUT2D eigenvalue weighted by atomic mass is 16.6. The molecule has 3 aliphatic carbocycles. The Morgan fingerprint density at radius 1 is 1.08 bits per heavy atom. The molecule has 212 valence electrons. The van der Waals surface area contributed by atoms with Gasteiger partial charge >= 0.3 is 11.9 Å². The van der Waals surface area contributed by atoms with Gasteiger partial charge in [0.25, 0.3) is 0 Å². The van der Waals surface area contributed by atoms with Gasteiger partial charge in [-0.3, -0.25) is 9.59 Å². The first-order valence-electron chi connectivity index (χ1n) is 13.2. The third-order valence-corrected chi connectivity index (χ3v) is 9.95. The molecule has 1 aromatic carbocycles. The predicted molar refractivity (Wildman–Crippen MR) is 135 cm³/mol. The lowest BCUT2D eigenvalue weighted by Gasteiger charge is -2.67. The van der Waals surface area contributed by atoms with Gasteiger partial charge < -0.3 is 34.6 Å². The molecule has 2 saturated carbocycles. The van der Waals surface area contributed by atoms with Gasteiger partial charge in [0.1, 0.15) is 23.9 Å². The van der Waals surface area contributed by atoms with Gasteiger partial charge in [0.05, 0.1) is 35.7 Å². The van der Waals surface area contributed by atoms with Crippen LogP contribution in [0.5, 0.6) is 0 Å². The number of benzene rings is 1. The first kappa shape index (κ1) is 27.9. The van der Waals surface area contributed by atoms with Gasteiger partial charge in [0.2, 0.25) is 0 Å². The van der Waals surface area contributed by atoms with Crippen molar-refractivity contribution in [1.82, 2.24) is 0 Å². The topological polar surface area (TPSA) is 160 Å². The highest BCUT2D eigenvalue weighted by Crippen LogP contribution is 2.63. The smallest absolute Gasteiger partial charge is 0.338 e. The number of hydrogen-bond donors (Lipinski definition) is 4. The fourth-order valence-electron chi connectivity index (χ4n) is 7.66. The van der Waals surface area contributed by atoms with Crippen LogP contribution in [-0.4, -0.2) is 86.5 Å². The highest BCUT2D eigenvalue weighted by Gasteiger charge is 2.77. The van der Waals surface area contributed by atoms with Crippen molar-refractivity contribution >= 4 is 17.7 Å². The van der Waals surface area contributed by atoms with Crippen LogP contribution in [0, 0.1) is 16.7 Å². The van der Waals surface area contributed by atoms with E-state index in [-0.39, 0.29) is 30.6 Å². The van der Waals surface area contributed by atoms with Crippen molar-refractivity contribution in [1.29, 1.82) is 0 Å². The summed E-state index contributed by atoms with van der Waals surface area (Å²) in [5.74, 6) is -3.60. The summed E-state index contributed by atoms with van der Waals surface area (Å²) in [6.45, 7) is 7.29. The quantitative estimate of drug-likeness (QED) is 0.320. The molecule has 1 heterocycles. The van der Waals surface area contributed by atoms with E-state index in [4.69, 9.17) is 14.2 Å². The Morgan fingerprint density at radius 2 is 1.72 bits per heavy atom. The summed E-state index contributed by atoms with van der Waals surface area (Å²) < 4.78 is 17.7. The van der Waals surface area contributed by atoms with Gasteiger partial charge in [0.15, 0.2) is 11.4 Å². The zero-order valence-electron chi connectivity index (χ0n) is 22.7. The summed E-state index contributed by atoms with van der Waals surface area (Å²) in [6, 6.07) is 8.08. The fourth-order valence-corrected chi connectivity index (χ4v) is 7.66. The number of hydrogen-bond acceptors (Lipinski definition) is 10. The molecule has 1 saturated heterocycles. The average molecular weight is 545 g/mol. The van der Waals surface area contributed by atoms with Gasteiger partial charge in [-0.25, -0.2) is 4.79 Å². The molecule has 0 spiro atoms. The normalized spacial score (nSPS) is 42.7. The molecule has 10 nitrogen and oxygen atoms in total. The maximum Gasteiger partial charge on any atom is 0.338 e. The van der Waals surface area contributed by atoms with Crippen LogP contribution in [0.25, 0.3) is 0 Å². The van der Waals surface area contributed by atoms with Gasteiger partial charge in [-0.2, -0.15) is 0 Å². The van der Waals surface area contributed by atoms with E-state index in [1.807, 2.05) is 0 Å². The first-order valence-corrected chi connectivity index (χ1v) is 13.2. The van der Waals surface area contributed by atoms with Gasteiger partial charge in [-0.1, -0.05) is 32.0 Å². The SMILES string of the molecule is CC(=O)O[C@@]12CO[C@@H]1C[C@H](O)[C@@]1(C)C(=O)[C@@H](O)C3=C(C)[C@@H](O)C[C@](O)([C@@H](OC(=O)c4ccccc4)[C@H]21)C3(C)C. The molecule has 4 aliphatic rings. The minimum Gasteiger partial charge on any atom is -0.455 e. The second-order valence-electron chi connectivity index (χ2n) is 12.2. The molecule has 1 aliphatic heterocycles. The Balaban J connectivity index is 1.81. The lowest BCUT2D eigenvalue weighted by molar-refractivity contribution is -0.345. The standard InChI is InChI=1S/C29H36O10/c1-14-17(31)12-29(36)24(38-25(35)16-9-7-6-8-10-16)22-27(5,23(34)21(33)20(14)26(29,3)4)18(32)11-19-28(22,13-37-19)39-15(2)30/h6-10,17-19,21-22,24,31-33,36H,11-13H2,1-5H3/t17-,18-,19+,21-,22-,24-,27+,28-,29-/m0/s1. The third-order valence-electron chi connectivity index (χ3n) is 9.95. The van der Waals surface area contributed by atoms with Crippen LogP contribution < -0.4 is 0 Å². The number of esters is 2. The van der Waals surface area contributed by atoms with Crippen molar-refractivity contribution in [2.24, 2.45) is 16.7 Å². The van der Waals surface area contributed by atoms with Crippen molar-refractivity contribution in [3.63, 3.8) is 0 Å². The Bertz CT molecular complexity index is 1240. The van der Waals surface area contributed by atoms with Crippen molar-refractivity contribution in [2.75, 3.05) is 6.61 Å². The van der Waals surface area contributed by atoms with E-state index >= 15 is 0 Å². The molecule has 1 aromatic rings. The number of Topliss-reactive ketones (excluding diaryl/α,β-unsaturated/α-hetero) is 1. The summed E-state index contributed by atoms with van der Waals surface area (Å²) in [6.07, 6.45) is -7.26. The molecule has 0 aromatic heterocycles. The Hall–Kier alpha value is -2.63. The van der Waals surface area contributed by atoms with Gasteiger partial charge in [-0.15, -0.1) is 0 Å². The summed E-state index contributed by atoms with van der Waals surface area (Å²) in [5, 5.41) is 46.7. The molecule has 3 fully saturated rings. The molecule has 10 heteroatoms. The van der Waals surface area contributed by atoms with Crippen molar-refractivity contribution in [3.8, 4) is 0 Å². The third kappa shape index (κ3) is 3.62. The maximum absolute atomic E-state index is 14.3. The van der Waals surface area contributed by atoms with E-state index in [0.717, 1.165) is 0 Å². The van der Waals surface area contributed by atoms with Crippen molar-refractivity contribution in [2.45, 2.75) is 89.2 Å². The van der Waals surface area contributed by atoms with E-state index in [0.29, 0.717) is 5.57 Å². The molecule has 4 N–H and O–H groups in total. The second-order valence-corrected chi connectivity index (χ2v) is 12.2. The molecule has 9 atom stereocenters. The predicted octanol–water partition coefficient (Wildman–Crippen LogP) is 1.08. The molecule has 0 radical (unpaired) electrons. The lowest BCUT2D eigenvalue weighted by atomic mass is 9.44. The van der Waals surface area contributed by atoms with E-state index in [2.05, 4.69) is 0 Å². The Labute approximate surface area is 226 Å². The van der Waals surface area contributed by atoms with E-state index in [1.54, 1.807) is 39.0 Å². The highest BCUT2D eigenvalue weighted by molar-refractivity contribution is 5.94. The largest absolute Gasteiger partial charge is 0.455 e. The van der Waals surface area contributed by atoms with Crippen molar-refractivity contribution in [3.05, 3.63) is 47.0 Å². The number of aliphatic hydroxyl groups excluding tert-OH is 3. The molecular weight excluding hydrogens is 508 g/mol. The van der Waals surface area contributed by atoms with Gasteiger partial charge in [0, 0.05) is 25.2 Å². The van der Waals surface area contributed by atoms with Gasteiger partial charge in [-0.05, 0) is 37.1 Å². The fraction of sp³-hybridized carbons (Fsp3) is 0.621. The number of ether oxygens (including phenoxy) is 3. The van der Waals surface area contributed by atoms with E-state index in [1.165, 1.54) is 26.0 Å². The van der Waals surface area contributed by atoms with Crippen LogP contribution in [0.3, 0.4) is 0 Å². The number of ketones is 1. The number of fused-ring (bicyclic) bond motifs is 5. The summed E-state index contributed by atoms with van der Waals surface area (Å²) in [5.41, 5.74) is -6.24. The minimum absolute atomic E-state index is 0.0828. The Kier molecular flexibility index (Phi) is 6.40. The number of carbonyl (C=O) groups is 3. The Morgan fingerprint density at radius 3 is 2.28 bits per heavy atom. The minimum atomic E-state index is -2.07. The van der Waals surface area contributed by atoms with Crippen LogP contribution in [-0.2, 0) is 23.8 Å². The van der Waals surface area contributed by atoms with E-state index < -0.39 is 76.2 Å². The molecule has 2 bridgehead atoms. The molecule has 0 amide bonds. The first-order chi connectivity index (χ1) is 18.1. The van der Waals surface area contributed by atoms with Crippen molar-refractivity contribution < 1.29 is 49.0 Å². The number of carbonyl (C=O) groups excluding carboxylic acids is 3. The number of aliphatic hydroxyl groups is 4. The van der Waals surface area contributed by atoms with Crippen LogP contribution in [0.2, 0.25) is 0 Å². The summed E-state index contributed by atoms with van der Waals surface area (Å²) in [4.78, 5) is 40.3. The van der Waals surface area contributed by atoms with Crippen LogP contribution in [0.15, 0.2) is 41.5 Å². The molecule has 39 heavy (non-hydrogen) atoms. The van der Waals surface area contributed by atoms with Crippen LogP contribution in [0.1, 0.15) is 57.8 Å². The monoisotopic (exact) mass is 544 g/mol. The maximum atomic E-state index is 14.3. The summed E-state index contributed by atoms with van der Waals surface area (Å²) >= 11 is 0. The molecular formula is C29H36O10. The lowest BCUT2D eigenvalue weighted by Crippen LogP contribution is -2.81. The average Bonchev–Trinajstić information content (AvgIpc) is 2.87. The van der Waals surface area contributed by atoms with E-state index in [9.17, 15) is 34.8 Å². The zero-order chi connectivity index (χ0) is 28.7. The number of rotatable bonds is 3. The van der Waals surface area contributed by atoms with Crippen LogP contribution in [0.4, 0.5) is 0 Å². The second kappa shape index (κ2) is 8.94. The molecule has 5 rings (SSSR count). The van der Waals surface area contributed by atoms with Crippen LogP contribution >= 0.6 is 0 Å².